The topological polar surface area (TPSA) is 3.24 Å². The fraction of sp³-hybridized carbons (Fsp3) is 0.714. The van der Waals surface area contributed by atoms with E-state index in [1.54, 1.807) is 0 Å². The van der Waals surface area contributed by atoms with Gasteiger partial charge in [0.2, 0.25) is 0 Å². The van der Waals surface area contributed by atoms with Crippen LogP contribution in [0.5, 0.6) is 0 Å². The van der Waals surface area contributed by atoms with Crippen LogP contribution in [0.25, 0.3) is 0 Å². The first-order valence-electron chi connectivity index (χ1n) is 9.60. The van der Waals surface area contributed by atoms with Crippen molar-refractivity contribution in [2.45, 2.75) is 90.5 Å². The van der Waals surface area contributed by atoms with E-state index in [-0.39, 0.29) is 0 Å². The molecule has 1 heteroatoms. The first-order valence-corrected chi connectivity index (χ1v) is 9.60. The highest BCUT2D eigenvalue weighted by Gasteiger charge is 2.19. The van der Waals surface area contributed by atoms with Crippen molar-refractivity contribution in [3.63, 3.8) is 0 Å². The van der Waals surface area contributed by atoms with Gasteiger partial charge in [-0.1, -0.05) is 90.4 Å². The third-order valence-corrected chi connectivity index (χ3v) is 4.69. The molecule has 0 bridgehead atoms. The van der Waals surface area contributed by atoms with Crippen LogP contribution in [-0.4, -0.2) is 17.5 Å². The van der Waals surface area contributed by atoms with Crippen molar-refractivity contribution in [2.24, 2.45) is 0 Å². The van der Waals surface area contributed by atoms with Gasteiger partial charge in [-0.15, -0.1) is 0 Å². The quantitative estimate of drug-likeness (QED) is 0.345. The van der Waals surface area contributed by atoms with Gasteiger partial charge in [0.05, 0.1) is 6.04 Å². The van der Waals surface area contributed by atoms with E-state index in [1.165, 1.54) is 82.7 Å². The minimum atomic E-state index is 0.565. The first kappa shape index (κ1) is 19.1. The maximum atomic E-state index is 4.02. The van der Waals surface area contributed by atoms with Crippen molar-refractivity contribution in [3.05, 3.63) is 36.6 Å². The van der Waals surface area contributed by atoms with Crippen LogP contribution in [0, 0.1) is 0 Å². The summed E-state index contributed by atoms with van der Waals surface area (Å²) in [6, 6.07) is 0.565. The lowest BCUT2D eigenvalue weighted by atomic mass is 9.95. The molecule has 0 saturated heterocycles. The van der Waals surface area contributed by atoms with Crippen LogP contribution >= 0.6 is 0 Å². The Kier molecular flexibility index (Phi) is 10.9. The molecule has 22 heavy (non-hydrogen) atoms. The van der Waals surface area contributed by atoms with Crippen molar-refractivity contribution >= 4 is 0 Å². The Morgan fingerprint density at radius 2 is 1.59 bits per heavy atom. The third kappa shape index (κ3) is 7.33. The second-order valence-corrected chi connectivity index (χ2v) is 6.58. The predicted octanol–water partition coefficient (Wildman–Crippen LogP) is 6.63. The van der Waals surface area contributed by atoms with E-state index in [2.05, 4.69) is 49.8 Å². The molecule has 0 saturated carbocycles. The first-order chi connectivity index (χ1) is 10.8. The van der Waals surface area contributed by atoms with Gasteiger partial charge in [-0.25, -0.2) is 0 Å². The van der Waals surface area contributed by atoms with Crippen LogP contribution < -0.4 is 0 Å². The van der Waals surface area contributed by atoms with Crippen LogP contribution in [0.1, 0.15) is 84.5 Å². The summed E-state index contributed by atoms with van der Waals surface area (Å²) in [7, 11) is 0. The number of nitrogens with zero attached hydrogens (tertiary/aromatic N) is 1. The Hall–Kier alpha value is -0.980. The molecule has 0 amide bonds. The van der Waals surface area contributed by atoms with E-state index in [0.717, 1.165) is 0 Å². The van der Waals surface area contributed by atoms with Crippen molar-refractivity contribution in [2.75, 3.05) is 6.54 Å². The highest BCUT2D eigenvalue weighted by atomic mass is 15.1. The lowest BCUT2D eigenvalue weighted by Crippen LogP contribution is -2.34. The second kappa shape index (κ2) is 12.6. The standard InChI is InChI=1S/C21H37N/c1-4-7-9-11-12-13-17-21-20(6-3)16-15-19-22(21)18-14-10-8-5-2/h6,15-16,19,21H,3-5,7-14,17-18H2,1-2H3. The normalized spacial score (nSPS) is 17.6. The molecule has 126 valence electrons. The summed E-state index contributed by atoms with van der Waals surface area (Å²) in [6.07, 6.45) is 23.7. The van der Waals surface area contributed by atoms with Gasteiger partial charge in [-0.2, -0.15) is 0 Å². The molecule has 0 fully saturated rings. The van der Waals surface area contributed by atoms with Gasteiger partial charge in [0.25, 0.3) is 0 Å². The van der Waals surface area contributed by atoms with E-state index in [0.29, 0.717) is 6.04 Å². The molecule has 0 spiro atoms. The van der Waals surface area contributed by atoms with E-state index in [1.807, 2.05) is 0 Å². The Balaban J connectivity index is 2.36. The molecule has 0 aliphatic carbocycles. The number of allylic oxidation sites excluding steroid dienone is 2. The third-order valence-electron chi connectivity index (χ3n) is 4.69. The molecule has 0 aromatic rings. The van der Waals surface area contributed by atoms with Gasteiger partial charge in [-0.3, -0.25) is 0 Å². The van der Waals surface area contributed by atoms with Crippen LogP contribution in [0.2, 0.25) is 0 Å². The number of hydrogen-bond acceptors (Lipinski definition) is 1. The molecule has 0 aromatic carbocycles. The minimum Gasteiger partial charge on any atom is -0.370 e. The Labute approximate surface area is 139 Å². The fourth-order valence-electron chi connectivity index (χ4n) is 3.28. The molecule has 1 heterocycles. The van der Waals surface area contributed by atoms with Gasteiger partial charge in [-0.05, 0) is 30.7 Å². The van der Waals surface area contributed by atoms with E-state index >= 15 is 0 Å². The lowest BCUT2D eigenvalue weighted by molar-refractivity contribution is 0.280. The van der Waals surface area contributed by atoms with Crippen molar-refractivity contribution < 1.29 is 0 Å². The molecular formula is C21H37N. The molecule has 1 atom stereocenters. The van der Waals surface area contributed by atoms with Gasteiger partial charge in [0, 0.05) is 6.54 Å². The smallest absolute Gasteiger partial charge is 0.0536 e. The number of rotatable bonds is 13. The summed E-state index contributed by atoms with van der Waals surface area (Å²) in [4.78, 5) is 2.55. The summed E-state index contributed by atoms with van der Waals surface area (Å²) >= 11 is 0. The maximum absolute atomic E-state index is 4.02. The van der Waals surface area contributed by atoms with E-state index in [9.17, 15) is 0 Å². The molecule has 0 aromatic heterocycles. The van der Waals surface area contributed by atoms with Gasteiger partial charge in [0.15, 0.2) is 0 Å². The van der Waals surface area contributed by atoms with Crippen LogP contribution in [-0.2, 0) is 0 Å². The Morgan fingerprint density at radius 3 is 2.27 bits per heavy atom. The zero-order valence-corrected chi connectivity index (χ0v) is 15.0. The average Bonchev–Trinajstić information content (AvgIpc) is 2.55. The number of unbranched alkanes of at least 4 members (excludes halogenated alkanes) is 8. The molecule has 0 radical (unpaired) electrons. The van der Waals surface area contributed by atoms with E-state index < -0.39 is 0 Å². The Bertz CT molecular complexity index is 340. The Morgan fingerprint density at radius 1 is 0.955 bits per heavy atom. The molecule has 1 rings (SSSR count). The predicted molar refractivity (Wildman–Crippen MR) is 100 cm³/mol. The highest BCUT2D eigenvalue weighted by Crippen LogP contribution is 2.24. The van der Waals surface area contributed by atoms with Crippen LogP contribution in [0.3, 0.4) is 0 Å². The summed E-state index contributed by atoms with van der Waals surface area (Å²) in [5.74, 6) is 0. The molecule has 1 aliphatic heterocycles. The van der Waals surface area contributed by atoms with Crippen molar-refractivity contribution in [3.8, 4) is 0 Å². The highest BCUT2D eigenvalue weighted by molar-refractivity contribution is 5.31. The SMILES string of the molecule is C=CC1=CC=CN(CCCCCC)C1CCCCCCCC. The van der Waals surface area contributed by atoms with Crippen LogP contribution in [0.15, 0.2) is 36.6 Å². The van der Waals surface area contributed by atoms with Gasteiger partial charge < -0.3 is 4.90 Å². The monoisotopic (exact) mass is 303 g/mol. The fourth-order valence-corrected chi connectivity index (χ4v) is 3.28. The molecule has 1 aliphatic rings. The average molecular weight is 304 g/mol. The number of hydrogen-bond donors (Lipinski definition) is 0. The van der Waals surface area contributed by atoms with Gasteiger partial charge >= 0.3 is 0 Å². The van der Waals surface area contributed by atoms with Gasteiger partial charge in [0.1, 0.15) is 0 Å². The largest absolute Gasteiger partial charge is 0.370 e. The zero-order chi connectivity index (χ0) is 16.0. The molecule has 1 nitrogen and oxygen atoms in total. The summed E-state index contributed by atoms with van der Waals surface area (Å²) in [6.45, 7) is 9.78. The minimum absolute atomic E-state index is 0.565. The summed E-state index contributed by atoms with van der Waals surface area (Å²) < 4.78 is 0. The summed E-state index contributed by atoms with van der Waals surface area (Å²) in [5, 5.41) is 0. The second-order valence-electron chi connectivity index (χ2n) is 6.58. The lowest BCUT2D eigenvalue weighted by Gasteiger charge is -2.34. The molecule has 1 unspecified atom stereocenters. The summed E-state index contributed by atoms with van der Waals surface area (Å²) in [5.41, 5.74) is 1.41. The molecular weight excluding hydrogens is 266 g/mol. The van der Waals surface area contributed by atoms with Crippen LogP contribution in [0.4, 0.5) is 0 Å². The zero-order valence-electron chi connectivity index (χ0n) is 15.0. The molecule has 0 N–H and O–H groups in total. The maximum Gasteiger partial charge on any atom is 0.0536 e. The van der Waals surface area contributed by atoms with Crippen molar-refractivity contribution in [1.29, 1.82) is 0 Å². The van der Waals surface area contributed by atoms with E-state index in [4.69, 9.17) is 0 Å². The van der Waals surface area contributed by atoms with Crippen molar-refractivity contribution in [1.82, 2.24) is 4.90 Å².